The standard InChI is InChI=1S/C15H20F2N2O2/c16-10-3-6-13(17)12(8-10)14(20)9-18-7-1-2-15(21)19-11-4-5-11/h3,6,8,11,14,18,20H,1-2,4-5,7,9H2,(H,19,21). The third-order valence-corrected chi connectivity index (χ3v) is 3.35. The summed E-state index contributed by atoms with van der Waals surface area (Å²) in [6.45, 7) is 0.650. The Kier molecular flexibility index (Phi) is 5.64. The number of benzene rings is 1. The van der Waals surface area contributed by atoms with Gasteiger partial charge in [-0.2, -0.15) is 0 Å². The third-order valence-electron chi connectivity index (χ3n) is 3.35. The van der Waals surface area contributed by atoms with Gasteiger partial charge in [0.25, 0.3) is 0 Å². The number of amides is 1. The van der Waals surface area contributed by atoms with Crippen molar-refractivity contribution in [2.45, 2.75) is 37.8 Å². The molecule has 0 bridgehead atoms. The van der Waals surface area contributed by atoms with Crippen molar-refractivity contribution >= 4 is 5.91 Å². The van der Waals surface area contributed by atoms with Crippen molar-refractivity contribution in [2.24, 2.45) is 0 Å². The van der Waals surface area contributed by atoms with E-state index >= 15 is 0 Å². The lowest BCUT2D eigenvalue weighted by molar-refractivity contribution is -0.121. The number of rotatable bonds is 8. The molecule has 116 valence electrons. The smallest absolute Gasteiger partial charge is 0.220 e. The van der Waals surface area contributed by atoms with Crippen LogP contribution in [0.15, 0.2) is 18.2 Å². The summed E-state index contributed by atoms with van der Waals surface area (Å²) in [5.41, 5.74) is -0.0611. The van der Waals surface area contributed by atoms with Gasteiger partial charge >= 0.3 is 0 Å². The number of carbonyl (C=O) groups is 1. The Hall–Kier alpha value is -1.53. The highest BCUT2D eigenvalue weighted by Gasteiger charge is 2.22. The largest absolute Gasteiger partial charge is 0.387 e. The van der Waals surface area contributed by atoms with E-state index in [1.54, 1.807) is 0 Å². The molecule has 2 rings (SSSR count). The van der Waals surface area contributed by atoms with E-state index in [0.29, 0.717) is 25.4 Å². The minimum absolute atomic E-state index is 0.0380. The van der Waals surface area contributed by atoms with Gasteiger partial charge in [0.05, 0.1) is 6.10 Å². The fourth-order valence-corrected chi connectivity index (χ4v) is 2.02. The molecule has 0 aromatic heterocycles. The number of aliphatic hydroxyl groups excluding tert-OH is 1. The van der Waals surface area contributed by atoms with Gasteiger partial charge < -0.3 is 15.7 Å². The van der Waals surface area contributed by atoms with Crippen LogP contribution < -0.4 is 10.6 Å². The fraction of sp³-hybridized carbons (Fsp3) is 0.533. The summed E-state index contributed by atoms with van der Waals surface area (Å²) in [4.78, 5) is 11.4. The van der Waals surface area contributed by atoms with E-state index in [-0.39, 0.29) is 18.0 Å². The van der Waals surface area contributed by atoms with E-state index in [2.05, 4.69) is 10.6 Å². The first-order valence-corrected chi connectivity index (χ1v) is 7.19. The minimum Gasteiger partial charge on any atom is -0.387 e. The molecule has 0 radical (unpaired) electrons. The van der Waals surface area contributed by atoms with E-state index in [1.807, 2.05) is 0 Å². The molecule has 1 amide bonds. The molecule has 4 nitrogen and oxygen atoms in total. The Morgan fingerprint density at radius 1 is 1.38 bits per heavy atom. The summed E-state index contributed by atoms with van der Waals surface area (Å²) >= 11 is 0. The van der Waals surface area contributed by atoms with Crippen molar-refractivity contribution in [3.05, 3.63) is 35.4 Å². The quantitative estimate of drug-likeness (QED) is 0.640. The zero-order chi connectivity index (χ0) is 15.2. The highest BCUT2D eigenvalue weighted by molar-refractivity contribution is 5.76. The van der Waals surface area contributed by atoms with Crippen LogP contribution >= 0.6 is 0 Å². The number of halogens is 2. The van der Waals surface area contributed by atoms with Gasteiger partial charge in [-0.1, -0.05) is 0 Å². The van der Waals surface area contributed by atoms with Gasteiger partial charge in [0.1, 0.15) is 11.6 Å². The highest BCUT2D eigenvalue weighted by Crippen LogP contribution is 2.19. The Morgan fingerprint density at radius 3 is 2.86 bits per heavy atom. The molecular weight excluding hydrogens is 278 g/mol. The van der Waals surface area contributed by atoms with Crippen molar-refractivity contribution < 1.29 is 18.7 Å². The second-order valence-corrected chi connectivity index (χ2v) is 5.33. The van der Waals surface area contributed by atoms with Crippen LogP contribution in [0.1, 0.15) is 37.4 Å². The van der Waals surface area contributed by atoms with Gasteiger partial charge in [0.2, 0.25) is 5.91 Å². The van der Waals surface area contributed by atoms with Crippen LogP contribution in [-0.4, -0.2) is 30.1 Å². The molecule has 0 heterocycles. The van der Waals surface area contributed by atoms with Crippen LogP contribution in [0, 0.1) is 11.6 Å². The first-order chi connectivity index (χ1) is 10.1. The molecule has 1 aromatic carbocycles. The lowest BCUT2D eigenvalue weighted by Gasteiger charge is -2.13. The van der Waals surface area contributed by atoms with Gasteiger partial charge in [-0.15, -0.1) is 0 Å². The minimum atomic E-state index is -1.11. The summed E-state index contributed by atoms with van der Waals surface area (Å²) in [5, 5.41) is 15.6. The van der Waals surface area contributed by atoms with Gasteiger partial charge in [-0.3, -0.25) is 4.79 Å². The van der Waals surface area contributed by atoms with Crippen LogP contribution in [0.3, 0.4) is 0 Å². The lowest BCUT2D eigenvalue weighted by Crippen LogP contribution is -2.27. The van der Waals surface area contributed by atoms with Gasteiger partial charge in [-0.25, -0.2) is 8.78 Å². The van der Waals surface area contributed by atoms with Crippen molar-refractivity contribution in [3.63, 3.8) is 0 Å². The van der Waals surface area contributed by atoms with E-state index in [9.17, 15) is 18.7 Å². The molecular formula is C15H20F2N2O2. The molecule has 0 aliphatic heterocycles. The average Bonchev–Trinajstić information content (AvgIpc) is 3.24. The van der Waals surface area contributed by atoms with Gasteiger partial charge in [0, 0.05) is 24.6 Å². The zero-order valence-electron chi connectivity index (χ0n) is 11.7. The number of hydrogen-bond acceptors (Lipinski definition) is 3. The first-order valence-electron chi connectivity index (χ1n) is 7.19. The maximum absolute atomic E-state index is 13.4. The molecule has 3 N–H and O–H groups in total. The maximum Gasteiger partial charge on any atom is 0.220 e. The van der Waals surface area contributed by atoms with Crippen molar-refractivity contribution in [1.29, 1.82) is 0 Å². The molecule has 1 saturated carbocycles. The fourth-order valence-electron chi connectivity index (χ4n) is 2.02. The summed E-state index contributed by atoms with van der Waals surface area (Å²) in [5.74, 6) is -1.17. The van der Waals surface area contributed by atoms with Gasteiger partial charge in [-0.05, 0) is 44.0 Å². The second kappa shape index (κ2) is 7.47. The van der Waals surface area contributed by atoms with Crippen LogP contribution in [0.2, 0.25) is 0 Å². The number of nitrogens with one attached hydrogen (secondary N) is 2. The molecule has 1 atom stereocenters. The lowest BCUT2D eigenvalue weighted by atomic mass is 10.1. The molecule has 1 aromatic rings. The van der Waals surface area contributed by atoms with E-state index in [1.165, 1.54) is 0 Å². The van der Waals surface area contributed by atoms with Crippen LogP contribution in [0.25, 0.3) is 0 Å². The predicted molar refractivity (Wildman–Crippen MR) is 74.6 cm³/mol. The Labute approximate surface area is 122 Å². The van der Waals surface area contributed by atoms with Crippen LogP contribution in [0.4, 0.5) is 8.78 Å². The highest BCUT2D eigenvalue weighted by atomic mass is 19.1. The van der Waals surface area contributed by atoms with Crippen LogP contribution in [0.5, 0.6) is 0 Å². The average molecular weight is 298 g/mol. The van der Waals surface area contributed by atoms with E-state index < -0.39 is 17.7 Å². The van der Waals surface area contributed by atoms with E-state index in [4.69, 9.17) is 0 Å². The molecule has 21 heavy (non-hydrogen) atoms. The van der Waals surface area contributed by atoms with Crippen molar-refractivity contribution in [1.82, 2.24) is 10.6 Å². The molecule has 1 aliphatic carbocycles. The molecule has 1 fully saturated rings. The van der Waals surface area contributed by atoms with Crippen LogP contribution in [-0.2, 0) is 4.79 Å². The predicted octanol–water partition coefficient (Wildman–Crippen LogP) is 1.65. The summed E-state index contributed by atoms with van der Waals surface area (Å²) in [6.07, 6.45) is 2.08. The molecule has 1 aliphatic rings. The van der Waals surface area contributed by atoms with E-state index in [0.717, 1.165) is 31.0 Å². The third kappa shape index (κ3) is 5.40. The summed E-state index contributed by atoms with van der Waals surface area (Å²) in [7, 11) is 0. The molecule has 6 heteroatoms. The summed E-state index contributed by atoms with van der Waals surface area (Å²) < 4.78 is 26.4. The second-order valence-electron chi connectivity index (χ2n) is 5.33. The topological polar surface area (TPSA) is 61.4 Å². The first kappa shape index (κ1) is 15.9. The number of hydrogen-bond donors (Lipinski definition) is 3. The number of carbonyl (C=O) groups excluding carboxylic acids is 1. The maximum atomic E-state index is 13.4. The molecule has 1 unspecified atom stereocenters. The molecule has 0 spiro atoms. The zero-order valence-corrected chi connectivity index (χ0v) is 11.7. The monoisotopic (exact) mass is 298 g/mol. The Bertz CT molecular complexity index is 493. The SMILES string of the molecule is O=C(CCCNCC(O)c1cc(F)ccc1F)NC1CC1. The summed E-state index contributed by atoms with van der Waals surface area (Å²) in [6, 6.07) is 3.36. The Balaban J connectivity index is 1.63. The van der Waals surface area contributed by atoms with Crippen molar-refractivity contribution in [2.75, 3.05) is 13.1 Å². The molecule has 0 saturated heterocycles. The number of aliphatic hydroxyl groups is 1. The van der Waals surface area contributed by atoms with Gasteiger partial charge in [0.15, 0.2) is 0 Å². The van der Waals surface area contributed by atoms with Crippen molar-refractivity contribution in [3.8, 4) is 0 Å². The normalized spacial score (nSPS) is 15.8. The Morgan fingerprint density at radius 2 is 2.14 bits per heavy atom.